The first kappa shape index (κ1) is 16.5. The monoisotopic (exact) mass is 281 g/mol. The lowest BCUT2D eigenvalue weighted by atomic mass is 10.2. The Morgan fingerprint density at radius 3 is 2.15 bits per heavy atom. The number of carbonyl (C=O) groups is 1. The maximum atomic E-state index is 12.0. The molecule has 0 aliphatic carbocycles. The van der Waals surface area contributed by atoms with Crippen LogP contribution >= 0.6 is 0 Å². The number of benzene rings is 1. The van der Waals surface area contributed by atoms with Gasteiger partial charge in [0.05, 0.1) is 13.2 Å². The number of nitrogens with one attached hydrogen (secondary N) is 1. The van der Waals surface area contributed by atoms with E-state index >= 15 is 0 Å². The summed E-state index contributed by atoms with van der Waals surface area (Å²) < 4.78 is 16.1. The lowest BCUT2D eigenvalue weighted by molar-refractivity contribution is -0.131. The minimum Gasteiger partial charge on any atom is -0.494 e. The first-order chi connectivity index (χ1) is 9.71. The number of rotatable bonds is 9. The van der Waals surface area contributed by atoms with Gasteiger partial charge in [0.25, 0.3) is 5.91 Å². The van der Waals surface area contributed by atoms with Crippen molar-refractivity contribution in [3.05, 3.63) is 29.8 Å². The van der Waals surface area contributed by atoms with E-state index in [4.69, 9.17) is 14.2 Å². The van der Waals surface area contributed by atoms with Gasteiger partial charge in [0.1, 0.15) is 5.75 Å². The van der Waals surface area contributed by atoms with Gasteiger partial charge in [-0.25, -0.2) is 0 Å². The molecule has 0 saturated heterocycles. The molecule has 1 aromatic carbocycles. The first-order valence-electron chi connectivity index (χ1n) is 6.95. The highest BCUT2D eigenvalue weighted by atomic mass is 16.7. The van der Waals surface area contributed by atoms with E-state index < -0.39 is 6.29 Å². The highest BCUT2D eigenvalue weighted by molar-refractivity contribution is 5.94. The van der Waals surface area contributed by atoms with Crippen LogP contribution in [0.25, 0.3) is 0 Å². The molecule has 5 nitrogen and oxygen atoms in total. The largest absolute Gasteiger partial charge is 0.494 e. The van der Waals surface area contributed by atoms with E-state index in [0.29, 0.717) is 31.9 Å². The molecule has 0 aliphatic rings. The van der Waals surface area contributed by atoms with E-state index in [0.717, 1.165) is 5.75 Å². The Balaban J connectivity index is 2.48. The van der Waals surface area contributed by atoms with Crippen LogP contribution in [0.1, 0.15) is 31.1 Å². The molecule has 112 valence electrons. The lowest BCUT2D eigenvalue weighted by Crippen LogP contribution is -2.35. The van der Waals surface area contributed by atoms with Crippen molar-refractivity contribution in [1.82, 2.24) is 5.32 Å². The summed E-state index contributed by atoms with van der Waals surface area (Å²) in [6.07, 6.45) is -0.406. The van der Waals surface area contributed by atoms with Gasteiger partial charge in [-0.1, -0.05) is 0 Å². The second-order valence-electron chi connectivity index (χ2n) is 4.01. The molecule has 0 fully saturated rings. The summed E-state index contributed by atoms with van der Waals surface area (Å²) in [5.74, 6) is 0.600. The summed E-state index contributed by atoms with van der Waals surface area (Å²) in [6, 6.07) is 7.02. The molecule has 1 N–H and O–H groups in total. The van der Waals surface area contributed by atoms with Gasteiger partial charge in [-0.3, -0.25) is 4.79 Å². The van der Waals surface area contributed by atoms with Crippen LogP contribution in [0, 0.1) is 0 Å². The molecule has 0 spiro atoms. The van der Waals surface area contributed by atoms with E-state index in [-0.39, 0.29) is 5.91 Å². The van der Waals surface area contributed by atoms with E-state index in [1.807, 2.05) is 20.8 Å². The SMILES string of the molecule is CCOc1ccc(C(=O)NCC(OCC)OCC)cc1. The van der Waals surface area contributed by atoms with E-state index in [1.165, 1.54) is 0 Å². The second kappa shape index (κ2) is 9.34. The van der Waals surface area contributed by atoms with Crippen LogP contribution in [-0.4, -0.2) is 38.6 Å². The highest BCUT2D eigenvalue weighted by Gasteiger charge is 2.11. The molecule has 0 atom stereocenters. The Bertz CT molecular complexity index is 385. The van der Waals surface area contributed by atoms with Gasteiger partial charge in [0.2, 0.25) is 0 Å². The number of hydrogen-bond donors (Lipinski definition) is 1. The fraction of sp³-hybridized carbons (Fsp3) is 0.533. The quantitative estimate of drug-likeness (QED) is 0.705. The fourth-order valence-electron chi connectivity index (χ4n) is 1.69. The standard InChI is InChI=1S/C15H23NO4/c1-4-18-13-9-7-12(8-10-13)15(17)16-11-14(19-5-2)20-6-3/h7-10,14H,4-6,11H2,1-3H3,(H,16,17). The Morgan fingerprint density at radius 2 is 1.65 bits per heavy atom. The van der Waals surface area contributed by atoms with Gasteiger partial charge in [-0.15, -0.1) is 0 Å². The number of amides is 1. The zero-order chi connectivity index (χ0) is 14.8. The van der Waals surface area contributed by atoms with E-state index in [1.54, 1.807) is 24.3 Å². The minimum atomic E-state index is -0.406. The smallest absolute Gasteiger partial charge is 0.251 e. The Hall–Kier alpha value is -1.59. The van der Waals surface area contributed by atoms with Gasteiger partial charge in [0.15, 0.2) is 6.29 Å². The predicted octanol–water partition coefficient (Wildman–Crippen LogP) is 2.21. The molecule has 0 bridgehead atoms. The average molecular weight is 281 g/mol. The highest BCUT2D eigenvalue weighted by Crippen LogP contribution is 2.11. The molecule has 1 amide bonds. The van der Waals surface area contributed by atoms with Gasteiger partial charge >= 0.3 is 0 Å². The second-order valence-corrected chi connectivity index (χ2v) is 4.01. The number of carbonyl (C=O) groups excluding carboxylic acids is 1. The molecule has 1 rings (SSSR count). The van der Waals surface area contributed by atoms with Crippen molar-refractivity contribution in [2.75, 3.05) is 26.4 Å². The summed E-state index contributed by atoms with van der Waals surface area (Å²) in [5, 5.41) is 2.79. The maximum Gasteiger partial charge on any atom is 0.251 e. The molecule has 20 heavy (non-hydrogen) atoms. The van der Waals surface area contributed by atoms with Crippen molar-refractivity contribution in [1.29, 1.82) is 0 Å². The Morgan fingerprint density at radius 1 is 1.05 bits per heavy atom. The van der Waals surface area contributed by atoms with Crippen LogP contribution in [-0.2, 0) is 9.47 Å². The summed E-state index contributed by atoms with van der Waals surface area (Å²) >= 11 is 0. The number of ether oxygens (including phenoxy) is 3. The molecular weight excluding hydrogens is 258 g/mol. The zero-order valence-electron chi connectivity index (χ0n) is 12.3. The summed E-state index contributed by atoms with van der Waals surface area (Å²) in [7, 11) is 0. The van der Waals surface area contributed by atoms with Crippen molar-refractivity contribution >= 4 is 5.91 Å². The summed E-state index contributed by atoms with van der Waals surface area (Å²) in [5.41, 5.74) is 0.584. The Kier molecular flexibility index (Phi) is 7.69. The maximum absolute atomic E-state index is 12.0. The third kappa shape index (κ3) is 5.59. The van der Waals surface area contributed by atoms with Crippen molar-refractivity contribution in [2.45, 2.75) is 27.1 Å². The van der Waals surface area contributed by atoms with Crippen LogP contribution in [0.15, 0.2) is 24.3 Å². The molecule has 0 unspecified atom stereocenters. The fourth-order valence-corrected chi connectivity index (χ4v) is 1.69. The zero-order valence-corrected chi connectivity index (χ0v) is 12.3. The van der Waals surface area contributed by atoms with Crippen LogP contribution in [0.2, 0.25) is 0 Å². The summed E-state index contributed by atoms with van der Waals surface area (Å²) in [4.78, 5) is 12.0. The van der Waals surface area contributed by atoms with Crippen LogP contribution in [0.3, 0.4) is 0 Å². The van der Waals surface area contributed by atoms with Crippen molar-refractivity contribution in [2.24, 2.45) is 0 Å². The average Bonchev–Trinajstić information content (AvgIpc) is 2.46. The third-order valence-electron chi connectivity index (χ3n) is 2.56. The van der Waals surface area contributed by atoms with E-state index in [2.05, 4.69) is 5.32 Å². The molecule has 0 aromatic heterocycles. The van der Waals surface area contributed by atoms with Crippen LogP contribution < -0.4 is 10.1 Å². The van der Waals surface area contributed by atoms with Gasteiger partial charge in [-0.05, 0) is 45.0 Å². The molecule has 0 heterocycles. The molecule has 1 aromatic rings. The van der Waals surface area contributed by atoms with Crippen LogP contribution in [0.4, 0.5) is 0 Å². The molecule has 0 saturated carbocycles. The molecular formula is C15H23NO4. The minimum absolute atomic E-state index is 0.155. The normalized spacial score (nSPS) is 10.6. The Labute approximate surface area is 120 Å². The number of hydrogen-bond acceptors (Lipinski definition) is 4. The first-order valence-corrected chi connectivity index (χ1v) is 6.95. The predicted molar refractivity (Wildman–Crippen MR) is 77.0 cm³/mol. The molecule has 0 radical (unpaired) electrons. The lowest BCUT2D eigenvalue weighted by Gasteiger charge is -2.17. The molecule has 5 heteroatoms. The molecule has 0 aliphatic heterocycles. The van der Waals surface area contributed by atoms with Crippen molar-refractivity contribution < 1.29 is 19.0 Å². The van der Waals surface area contributed by atoms with Gasteiger partial charge in [0, 0.05) is 18.8 Å². The third-order valence-corrected chi connectivity index (χ3v) is 2.56. The summed E-state index contributed by atoms with van der Waals surface area (Å²) in [6.45, 7) is 7.72. The topological polar surface area (TPSA) is 56.8 Å². The van der Waals surface area contributed by atoms with Crippen molar-refractivity contribution in [3.63, 3.8) is 0 Å². The van der Waals surface area contributed by atoms with Gasteiger partial charge in [-0.2, -0.15) is 0 Å². The van der Waals surface area contributed by atoms with E-state index in [9.17, 15) is 4.79 Å². The van der Waals surface area contributed by atoms with Gasteiger partial charge < -0.3 is 19.5 Å². The van der Waals surface area contributed by atoms with Crippen LogP contribution in [0.5, 0.6) is 5.75 Å². The van der Waals surface area contributed by atoms with Crippen molar-refractivity contribution in [3.8, 4) is 5.75 Å².